The van der Waals surface area contributed by atoms with Crippen LogP contribution < -0.4 is 21.0 Å². The number of nitriles is 2. The van der Waals surface area contributed by atoms with Gasteiger partial charge in [-0.15, -0.1) is 0 Å². The van der Waals surface area contributed by atoms with E-state index < -0.39 is 36.7 Å². The van der Waals surface area contributed by atoms with Gasteiger partial charge in [-0.3, -0.25) is 19.7 Å². The van der Waals surface area contributed by atoms with Crippen LogP contribution in [0.25, 0.3) is 0 Å². The zero-order valence-corrected chi connectivity index (χ0v) is 17.5. The number of benzene rings is 1. The Morgan fingerprint density at radius 2 is 1.77 bits per heavy atom. The minimum absolute atomic E-state index is 0.0589. The third-order valence-electron chi connectivity index (χ3n) is 4.80. The summed E-state index contributed by atoms with van der Waals surface area (Å²) in [6, 6.07) is 6.34. The second-order valence-electron chi connectivity index (χ2n) is 7.19. The molecule has 11 nitrogen and oxygen atoms in total. The standard InChI is InChI=1S/C20H25N7O4/c1-4-12(2)23-18(30)13(3)24-19(31)16(9-17(28)29)25-20-26(11-22)27(20)15-7-5-14(10-21)6-8-15/h5-8,12-13,16,20,25H,4,9H2,1-3H3,(H,23,30)(H,24,31)(H,28,29)/t12?,13-,16+,20?,26?,27?/m1/s1. The van der Waals surface area contributed by atoms with Crippen molar-refractivity contribution in [2.45, 2.75) is 58.0 Å². The van der Waals surface area contributed by atoms with Crippen LogP contribution in [0, 0.1) is 22.8 Å². The van der Waals surface area contributed by atoms with Gasteiger partial charge in [0.1, 0.15) is 12.1 Å². The van der Waals surface area contributed by atoms with Crippen LogP contribution in [0.5, 0.6) is 0 Å². The van der Waals surface area contributed by atoms with E-state index in [2.05, 4.69) is 16.0 Å². The second kappa shape index (κ2) is 10.3. The molecular formula is C20H25N7O4. The first-order valence-electron chi connectivity index (χ1n) is 9.78. The fourth-order valence-corrected chi connectivity index (χ4v) is 2.80. The normalized spacial score (nSPS) is 17.5. The molecule has 31 heavy (non-hydrogen) atoms. The number of nitrogens with one attached hydrogen (secondary N) is 3. The fraction of sp³-hybridized carbons (Fsp3) is 0.450. The van der Waals surface area contributed by atoms with Crippen LogP contribution >= 0.6 is 0 Å². The number of anilines is 1. The molecule has 0 aliphatic carbocycles. The summed E-state index contributed by atoms with van der Waals surface area (Å²) in [5.74, 6) is -2.25. The van der Waals surface area contributed by atoms with Crippen LogP contribution in [0.4, 0.5) is 5.69 Å². The van der Waals surface area contributed by atoms with Crippen molar-refractivity contribution in [3.05, 3.63) is 29.8 Å². The number of rotatable bonds is 10. The number of amides is 2. The predicted molar refractivity (Wildman–Crippen MR) is 110 cm³/mol. The van der Waals surface area contributed by atoms with Gasteiger partial charge in [-0.1, -0.05) is 6.92 Å². The smallest absolute Gasteiger partial charge is 0.305 e. The molecule has 0 radical (unpaired) electrons. The largest absolute Gasteiger partial charge is 0.481 e. The summed E-state index contributed by atoms with van der Waals surface area (Å²) in [5, 5.41) is 38.3. The SMILES string of the molecule is CCC(C)NC(=O)[C@@H](C)NC(=O)[C@H](CC(=O)O)NC1N(C#N)N1c1ccc(C#N)cc1. The highest BCUT2D eigenvalue weighted by Crippen LogP contribution is 2.31. The monoisotopic (exact) mass is 427 g/mol. The highest BCUT2D eigenvalue weighted by atomic mass is 16.4. The van der Waals surface area contributed by atoms with Crippen molar-refractivity contribution in [2.75, 3.05) is 5.01 Å². The summed E-state index contributed by atoms with van der Waals surface area (Å²) in [6.45, 7) is 5.26. The Bertz CT molecular complexity index is 906. The van der Waals surface area contributed by atoms with Crippen molar-refractivity contribution in [1.82, 2.24) is 21.0 Å². The second-order valence-corrected chi connectivity index (χ2v) is 7.19. The number of carboxylic acids is 1. The molecule has 164 valence electrons. The van der Waals surface area contributed by atoms with Gasteiger partial charge < -0.3 is 15.7 Å². The minimum Gasteiger partial charge on any atom is -0.481 e. The number of nitrogens with zero attached hydrogens (tertiary/aromatic N) is 4. The molecule has 2 rings (SSSR count). The first kappa shape index (κ1) is 23.4. The van der Waals surface area contributed by atoms with E-state index in [-0.39, 0.29) is 11.9 Å². The molecule has 4 atom stereocenters. The lowest BCUT2D eigenvalue weighted by Gasteiger charge is -2.21. The van der Waals surface area contributed by atoms with Crippen LogP contribution in [-0.2, 0) is 14.4 Å². The summed E-state index contributed by atoms with van der Waals surface area (Å²) in [5.41, 5.74) is 1.04. The molecule has 1 aromatic rings. The van der Waals surface area contributed by atoms with E-state index in [1.807, 2.05) is 26.1 Å². The van der Waals surface area contributed by atoms with Gasteiger partial charge in [0.05, 0.1) is 23.7 Å². The molecule has 4 N–H and O–H groups in total. The summed E-state index contributed by atoms with van der Waals surface area (Å²) in [6.07, 6.45) is 1.39. The number of hydrazine groups is 1. The Balaban J connectivity index is 2.07. The molecule has 1 aliphatic rings. The number of hydrogen-bond acceptors (Lipinski definition) is 8. The molecule has 0 bridgehead atoms. The van der Waals surface area contributed by atoms with Crippen LogP contribution in [0.2, 0.25) is 0 Å². The molecule has 0 saturated carbocycles. The van der Waals surface area contributed by atoms with E-state index in [4.69, 9.17) is 5.26 Å². The first-order chi connectivity index (χ1) is 14.7. The van der Waals surface area contributed by atoms with Gasteiger partial charge in [-0.2, -0.15) is 15.5 Å². The molecule has 1 aromatic carbocycles. The van der Waals surface area contributed by atoms with Crippen molar-refractivity contribution < 1.29 is 19.5 Å². The van der Waals surface area contributed by atoms with Crippen molar-refractivity contribution in [3.8, 4) is 12.3 Å². The molecule has 1 aliphatic heterocycles. The van der Waals surface area contributed by atoms with Crippen molar-refractivity contribution >= 4 is 23.5 Å². The Kier molecular flexibility index (Phi) is 7.77. The lowest BCUT2D eigenvalue weighted by molar-refractivity contribution is -0.140. The van der Waals surface area contributed by atoms with E-state index >= 15 is 0 Å². The molecule has 2 unspecified atom stereocenters. The maximum absolute atomic E-state index is 12.7. The van der Waals surface area contributed by atoms with Crippen molar-refractivity contribution in [3.63, 3.8) is 0 Å². The molecule has 1 saturated heterocycles. The first-order valence-corrected chi connectivity index (χ1v) is 9.78. The summed E-state index contributed by atoms with van der Waals surface area (Å²) >= 11 is 0. The highest BCUT2D eigenvalue weighted by molar-refractivity contribution is 5.91. The third kappa shape index (κ3) is 6.07. The summed E-state index contributed by atoms with van der Waals surface area (Å²) in [4.78, 5) is 36.1. The van der Waals surface area contributed by atoms with Gasteiger partial charge >= 0.3 is 5.97 Å². The Morgan fingerprint density at radius 3 is 2.29 bits per heavy atom. The molecule has 11 heteroatoms. The third-order valence-corrected chi connectivity index (χ3v) is 4.80. The maximum atomic E-state index is 12.7. The molecule has 1 fully saturated rings. The Morgan fingerprint density at radius 1 is 1.13 bits per heavy atom. The zero-order chi connectivity index (χ0) is 23.1. The average molecular weight is 427 g/mol. The quantitative estimate of drug-likeness (QED) is 0.302. The van der Waals surface area contributed by atoms with Crippen molar-refractivity contribution in [2.24, 2.45) is 0 Å². The number of hydrogen-bond donors (Lipinski definition) is 4. The zero-order valence-electron chi connectivity index (χ0n) is 17.5. The Labute approximate surface area is 180 Å². The lowest BCUT2D eigenvalue weighted by atomic mass is 10.1. The Hall–Kier alpha value is -3.83. The number of carbonyl (C=O) groups is 3. The van der Waals surface area contributed by atoms with Crippen LogP contribution in [-0.4, -0.2) is 52.3 Å². The molecule has 0 aromatic heterocycles. The topological polar surface area (TPSA) is 161 Å². The average Bonchev–Trinajstić information content (AvgIpc) is 3.45. The number of carbonyl (C=O) groups excluding carboxylic acids is 2. The predicted octanol–water partition coefficient (Wildman–Crippen LogP) is 0.212. The van der Waals surface area contributed by atoms with Gasteiger partial charge in [-0.25, -0.2) is 5.01 Å². The maximum Gasteiger partial charge on any atom is 0.305 e. The van der Waals surface area contributed by atoms with Crippen LogP contribution in [0.15, 0.2) is 24.3 Å². The van der Waals surface area contributed by atoms with E-state index in [0.717, 1.165) is 6.42 Å². The van der Waals surface area contributed by atoms with E-state index in [1.165, 1.54) is 16.9 Å². The van der Waals surface area contributed by atoms with Crippen LogP contribution in [0.1, 0.15) is 39.2 Å². The number of aliphatic carboxylic acids is 1. The molecule has 2 amide bonds. The highest BCUT2D eigenvalue weighted by Gasteiger charge is 2.48. The van der Waals surface area contributed by atoms with Crippen molar-refractivity contribution in [1.29, 1.82) is 10.5 Å². The van der Waals surface area contributed by atoms with E-state index in [9.17, 15) is 24.8 Å². The summed E-state index contributed by atoms with van der Waals surface area (Å²) in [7, 11) is 0. The molecule has 0 spiro atoms. The van der Waals surface area contributed by atoms with Gasteiger partial charge in [0, 0.05) is 6.04 Å². The molecule has 1 heterocycles. The van der Waals surface area contributed by atoms with Gasteiger partial charge in [0.25, 0.3) is 0 Å². The van der Waals surface area contributed by atoms with Gasteiger partial charge in [-0.05, 0) is 44.5 Å². The summed E-state index contributed by atoms with van der Waals surface area (Å²) < 4.78 is 0. The fourth-order valence-electron chi connectivity index (χ4n) is 2.80. The van der Waals surface area contributed by atoms with E-state index in [0.29, 0.717) is 11.3 Å². The van der Waals surface area contributed by atoms with E-state index in [1.54, 1.807) is 24.3 Å². The van der Waals surface area contributed by atoms with Gasteiger partial charge in [0.2, 0.25) is 24.3 Å². The van der Waals surface area contributed by atoms with Crippen LogP contribution in [0.3, 0.4) is 0 Å². The van der Waals surface area contributed by atoms with Gasteiger partial charge in [0.15, 0.2) is 0 Å². The lowest BCUT2D eigenvalue weighted by Crippen LogP contribution is -2.54. The minimum atomic E-state index is -1.21. The molecular weight excluding hydrogens is 402 g/mol. The number of carboxylic acid groups (broad SMARTS) is 1.